The van der Waals surface area contributed by atoms with Crippen molar-refractivity contribution in [2.24, 2.45) is 5.73 Å². The smallest absolute Gasteiger partial charge is 0.159 e. The van der Waals surface area contributed by atoms with Gasteiger partial charge in [0.05, 0.1) is 0 Å². The van der Waals surface area contributed by atoms with Gasteiger partial charge in [-0.1, -0.05) is 0 Å². The van der Waals surface area contributed by atoms with E-state index in [1.54, 1.807) is 0 Å². The summed E-state index contributed by atoms with van der Waals surface area (Å²) in [4.78, 5) is 10.8. The van der Waals surface area contributed by atoms with Crippen molar-refractivity contribution in [1.82, 2.24) is 0 Å². The largest absolute Gasteiger partial charge is 0.374 e. The highest BCUT2D eigenvalue weighted by atomic mass is 16.5. The SMILES string of the molecule is CCOCC(=O)CC(C)N. The Kier molecular flexibility index (Phi) is 5.16. The van der Waals surface area contributed by atoms with Gasteiger partial charge in [-0.3, -0.25) is 4.79 Å². The van der Waals surface area contributed by atoms with E-state index in [4.69, 9.17) is 10.5 Å². The summed E-state index contributed by atoms with van der Waals surface area (Å²) < 4.78 is 4.89. The van der Waals surface area contributed by atoms with Gasteiger partial charge in [-0.2, -0.15) is 0 Å². The zero-order valence-corrected chi connectivity index (χ0v) is 6.59. The molecule has 0 aromatic rings. The van der Waals surface area contributed by atoms with Gasteiger partial charge in [0.2, 0.25) is 0 Å². The van der Waals surface area contributed by atoms with Crippen LogP contribution in [-0.4, -0.2) is 25.0 Å². The molecule has 1 atom stereocenters. The summed E-state index contributed by atoms with van der Waals surface area (Å²) in [5.74, 6) is 0.0804. The number of ether oxygens (including phenoxy) is 1. The summed E-state index contributed by atoms with van der Waals surface area (Å²) in [7, 11) is 0. The van der Waals surface area contributed by atoms with Gasteiger partial charge < -0.3 is 10.5 Å². The normalized spacial score (nSPS) is 13.1. The molecule has 2 N–H and O–H groups in total. The second-order valence-electron chi connectivity index (χ2n) is 2.36. The van der Waals surface area contributed by atoms with E-state index in [2.05, 4.69) is 0 Å². The summed E-state index contributed by atoms with van der Waals surface area (Å²) in [6.45, 7) is 4.46. The zero-order chi connectivity index (χ0) is 7.98. The highest BCUT2D eigenvalue weighted by Gasteiger charge is 2.03. The third-order valence-electron chi connectivity index (χ3n) is 1.02. The summed E-state index contributed by atoms with van der Waals surface area (Å²) >= 11 is 0. The number of carbonyl (C=O) groups excluding carboxylic acids is 1. The Bertz CT molecular complexity index is 102. The van der Waals surface area contributed by atoms with Crippen molar-refractivity contribution in [3.63, 3.8) is 0 Å². The molecule has 0 spiro atoms. The molecule has 3 nitrogen and oxygen atoms in total. The first-order valence-electron chi connectivity index (χ1n) is 3.51. The van der Waals surface area contributed by atoms with Gasteiger partial charge >= 0.3 is 0 Å². The second kappa shape index (κ2) is 5.38. The summed E-state index contributed by atoms with van der Waals surface area (Å²) in [5.41, 5.74) is 5.39. The quantitative estimate of drug-likeness (QED) is 0.606. The number of carbonyl (C=O) groups is 1. The fraction of sp³-hybridized carbons (Fsp3) is 0.857. The van der Waals surface area contributed by atoms with Crippen LogP contribution in [0.25, 0.3) is 0 Å². The minimum atomic E-state index is -0.0482. The van der Waals surface area contributed by atoms with Crippen LogP contribution in [0.4, 0.5) is 0 Å². The van der Waals surface area contributed by atoms with Crippen molar-refractivity contribution < 1.29 is 9.53 Å². The van der Waals surface area contributed by atoms with E-state index in [1.807, 2.05) is 13.8 Å². The lowest BCUT2D eigenvalue weighted by Gasteiger charge is -2.02. The molecule has 0 heterocycles. The van der Waals surface area contributed by atoms with Gasteiger partial charge in [0.25, 0.3) is 0 Å². The van der Waals surface area contributed by atoms with Crippen LogP contribution in [0.1, 0.15) is 20.3 Å². The highest BCUT2D eigenvalue weighted by molar-refractivity contribution is 5.80. The van der Waals surface area contributed by atoms with Gasteiger partial charge in [-0.05, 0) is 13.8 Å². The Morgan fingerprint density at radius 3 is 2.70 bits per heavy atom. The van der Waals surface area contributed by atoms with Crippen LogP contribution >= 0.6 is 0 Å². The van der Waals surface area contributed by atoms with Gasteiger partial charge in [0, 0.05) is 19.1 Å². The summed E-state index contributed by atoms with van der Waals surface area (Å²) in [6.07, 6.45) is 0.417. The Balaban J connectivity index is 3.26. The van der Waals surface area contributed by atoms with E-state index in [-0.39, 0.29) is 18.4 Å². The van der Waals surface area contributed by atoms with E-state index in [9.17, 15) is 4.79 Å². The van der Waals surface area contributed by atoms with Crippen molar-refractivity contribution in [2.45, 2.75) is 26.3 Å². The van der Waals surface area contributed by atoms with Crippen molar-refractivity contribution in [1.29, 1.82) is 0 Å². The first kappa shape index (κ1) is 9.59. The van der Waals surface area contributed by atoms with Crippen molar-refractivity contribution in [3.8, 4) is 0 Å². The maximum Gasteiger partial charge on any atom is 0.159 e. The minimum absolute atomic E-state index is 0.0482. The average Bonchev–Trinajstić information content (AvgIpc) is 1.82. The fourth-order valence-electron chi connectivity index (χ4n) is 0.634. The molecule has 0 fully saturated rings. The first-order chi connectivity index (χ1) is 4.66. The molecule has 0 saturated heterocycles. The van der Waals surface area contributed by atoms with Crippen molar-refractivity contribution >= 4 is 5.78 Å². The van der Waals surface area contributed by atoms with Gasteiger partial charge in [0.15, 0.2) is 5.78 Å². The summed E-state index contributed by atoms with van der Waals surface area (Å²) in [6, 6.07) is -0.0482. The number of Topliss-reactive ketones (excluding diaryl/α,β-unsaturated/α-hetero) is 1. The molecule has 0 aliphatic rings. The zero-order valence-electron chi connectivity index (χ0n) is 6.59. The van der Waals surface area contributed by atoms with E-state index in [1.165, 1.54) is 0 Å². The van der Waals surface area contributed by atoms with Crippen LogP contribution in [0, 0.1) is 0 Å². The molecular weight excluding hydrogens is 130 g/mol. The summed E-state index contributed by atoms with van der Waals surface area (Å²) in [5, 5.41) is 0. The molecule has 0 amide bonds. The van der Waals surface area contributed by atoms with E-state index in [0.717, 1.165) is 0 Å². The molecule has 60 valence electrons. The number of ketones is 1. The molecular formula is C7H15NO2. The van der Waals surface area contributed by atoms with Gasteiger partial charge in [-0.25, -0.2) is 0 Å². The molecule has 1 unspecified atom stereocenters. The lowest BCUT2D eigenvalue weighted by Crippen LogP contribution is -2.22. The average molecular weight is 145 g/mol. The van der Waals surface area contributed by atoms with Gasteiger partial charge in [0.1, 0.15) is 6.61 Å². The second-order valence-corrected chi connectivity index (χ2v) is 2.36. The van der Waals surface area contributed by atoms with Crippen LogP contribution < -0.4 is 5.73 Å². The first-order valence-corrected chi connectivity index (χ1v) is 3.51. The fourth-order valence-corrected chi connectivity index (χ4v) is 0.634. The Hall–Kier alpha value is -0.410. The molecule has 0 rings (SSSR count). The molecule has 0 saturated carbocycles. The van der Waals surface area contributed by atoms with Crippen LogP contribution in [0.15, 0.2) is 0 Å². The predicted molar refractivity (Wildman–Crippen MR) is 39.8 cm³/mol. The Morgan fingerprint density at radius 1 is 1.70 bits per heavy atom. The lowest BCUT2D eigenvalue weighted by molar-refractivity contribution is -0.123. The number of hydrogen-bond acceptors (Lipinski definition) is 3. The molecule has 0 bridgehead atoms. The molecule has 3 heteroatoms. The van der Waals surface area contributed by atoms with Crippen LogP contribution in [0.2, 0.25) is 0 Å². The van der Waals surface area contributed by atoms with E-state index < -0.39 is 0 Å². The Labute approximate surface area is 61.5 Å². The van der Waals surface area contributed by atoms with Crippen LogP contribution in [-0.2, 0) is 9.53 Å². The maximum atomic E-state index is 10.8. The van der Waals surface area contributed by atoms with E-state index >= 15 is 0 Å². The number of rotatable bonds is 5. The van der Waals surface area contributed by atoms with Crippen molar-refractivity contribution in [2.75, 3.05) is 13.2 Å². The highest BCUT2D eigenvalue weighted by Crippen LogP contribution is 1.88. The number of hydrogen-bond donors (Lipinski definition) is 1. The van der Waals surface area contributed by atoms with Gasteiger partial charge in [-0.15, -0.1) is 0 Å². The third-order valence-corrected chi connectivity index (χ3v) is 1.02. The Morgan fingerprint density at radius 2 is 2.30 bits per heavy atom. The predicted octanol–water partition coefficient (Wildman–Crippen LogP) is 0.329. The minimum Gasteiger partial charge on any atom is -0.374 e. The monoisotopic (exact) mass is 145 g/mol. The third kappa shape index (κ3) is 5.72. The molecule has 0 aliphatic heterocycles. The standard InChI is InChI=1S/C7H15NO2/c1-3-10-5-7(9)4-6(2)8/h6H,3-5,8H2,1-2H3. The molecule has 0 radical (unpaired) electrons. The van der Waals surface area contributed by atoms with Crippen LogP contribution in [0.5, 0.6) is 0 Å². The molecule has 10 heavy (non-hydrogen) atoms. The number of nitrogens with two attached hydrogens (primary N) is 1. The van der Waals surface area contributed by atoms with E-state index in [0.29, 0.717) is 13.0 Å². The molecule has 0 aromatic carbocycles. The maximum absolute atomic E-state index is 10.8. The van der Waals surface area contributed by atoms with Crippen LogP contribution in [0.3, 0.4) is 0 Å². The molecule has 0 aromatic heterocycles. The van der Waals surface area contributed by atoms with Crippen molar-refractivity contribution in [3.05, 3.63) is 0 Å². The topological polar surface area (TPSA) is 52.3 Å². The molecule has 0 aliphatic carbocycles. The lowest BCUT2D eigenvalue weighted by atomic mass is 10.2.